The highest BCUT2D eigenvalue weighted by atomic mass is 35.5. The Morgan fingerprint density at radius 1 is 1.00 bits per heavy atom. The number of halogens is 1. The van der Waals surface area contributed by atoms with Gasteiger partial charge in [-0.3, -0.25) is 9.69 Å². The Bertz CT molecular complexity index is 570. The summed E-state index contributed by atoms with van der Waals surface area (Å²) in [6.45, 7) is 8.69. The standard InChI is InChI=1S/C20H30N4O.ClH/c25-20-19(8-10-24(20)18-6-2-1-3-7-18)23-13-11-22(12-14-23)16-17-5-4-9-21-15-17;/h1-3,6-7,17,19,21H,4-5,8-16H2;1H. The van der Waals surface area contributed by atoms with Gasteiger partial charge in [-0.05, 0) is 50.4 Å². The van der Waals surface area contributed by atoms with E-state index in [9.17, 15) is 4.79 Å². The lowest BCUT2D eigenvalue weighted by Crippen LogP contribution is -2.53. The van der Waals surface area contributed by atoms with Crippen molar-refractivity contribution in [3.05, 3.63) is 30.3 Å². The molecule has 0 spiro atoms. The van der Waals surface area contributed by atoms with Crippen molar-refractivity contribution in [3.8, 4) is 0 Å². The van der Waals surface area contributed by atoms with Crippen LogP contribution in [-0.2, 0) is 4.79 Å². The maximum Gasteiger partial charge on any atom is 0.244 e. The van der Waals surface area contributed by atoms with Crippen LogP contribution < -0.4 is 10.2 Å². The smallest absolute Gasteiger partial charge is 0.244 e. The first-order chi connectivity index (χ1) is 12.3. The topological polar surface area (TPSA) is 38.8 Å². The minimum atomic E-state index is 0. The molecule has 6 heteroatoms. The zero-order chi connectivity index (χ0) is 17.1. The van der Waals surface area contributed by atoms with Crippen molar-refractivity contribution in [1.29, 1.82) is 0 Å². The number of piperazine rings is 1. The number of hydrogen-bond donors (Lipinski definition) is 1. The predicted molar refractivity (Wildman–Crippen MR) is 108 cm³/mol. The lowest BCUT2D eigenvalue weighted by molar-refractivity contribution is -0.122. The van der Waals surface area contributed by atoms with E-state index in [4.69, 9.17) is 0 Å². The number of nitrogens with one attached hydrogen (secondary N) is 1. The average molecular weight is 379 g/mol. The molecule has 5 nitrogen and oxygen atoms in total. The van der Waals surface area contributed by atoms with E-state index < -0.39 is 0 Å². The number of carbonyl (C=O) groups is 1. The third-order valence-corrected chi connectivity index (χ3v) is 6.01. The van der Waals surface area contributed by atoms with Gasteiger partial charge in [-0.15, -0.1) is 12.4 Å². The summed E-state index contributed by atoms with van der Waals surface area (Å²) in [6, 6.07) is 10.2. The van der Waals surface area contributed by atoms with Gasteiger partial charge in [0, 0.05) is 45.0 Å². The van der Waals surface area contributed by atoms with E-state index in [1.807, 2.05) is 35.2 Å². The van der Waals surface area contributed by atoms with E-state index in [1.165, 1.54) is 32.5 Å². The Morgan fingerprint density at radius 2 is 1.77 bits per heavy atom. The summed E-state index contributed by atoms with van der Waals surface area (Å²) in [5, 5.41) is 3.52. The summed E-state index contributed by atoms with van der Waals surface area (Å²) >= 11 is 0. The van der Waals surface area contributed by atoms with E-state index in [1.54, 1.807) is 0 Å². The summed E-state index contributed by atoms with van der Waals surface area (Å²) in [5.41, 5.74) is 1.04. The van der Waals surface area contributed by atoms with Crippen molar-refractivity contribution in [3.63, 3.8) is 0 Å². The van der Waals surface area contributed by atoms with Gasteiger partial charge in [-0.25, -0.2) is 0 Å². The first-order valence-electron chi connectivity index (χ1n) is 9.85. The van der Waals surface area contributed by atoms with Crippen LogP contribution in [0.25, 0.3) is 0 Å². The lowest BCUT2D eigenvalue weighted by atomic mass is 9.99. The molecule has 26 heavy (non-hydrogen) atoms. The van der Waals surface area contributed by atoms with Crippen molar-refractivity contribution >= 4 is 24.0 Å². The Balaban J connectivity index is 0.00000196. The Kier molecular flexibility index (Phi) is 6.92. The molecule has 144 valence electrons. The highest BCUT2D eigenvalue weighted by Crippen LogP contribution is 2.25. The summed E-state index contributed by atoms with van der Waals surface area (Å²) in [7, 11) is 0. The van der Waals surface area contributed by atoms with Crippen LogP contribution in [0, 0.1) is 5.92 Å². The highest BCUT2D eigenvalue weighted by molar-refractivity contribution is 5.99. The maximum atomic E-state index is 12.9. The molecule has 3 fully saturated rings. The first kappa shape index (κ1) is 19.6. The van der Waals surface area contributed by atoms with Crippen LogP contribution in [0.2, 0.25) is 0 Å². The molecule has 0 aliphatic carbocycles. The number of hydrogen-bond acceptors (Lipinski definition) is 4. The molecule has 0 radical (unpaired) electrons. The Labute approximate surface area is 163 Å². The number of carbonyl (C=O) groups excluding carboxylic acids is 1. The van der Waals surface area contributed by atoms with Crippen LogP contribution in [-0.4, -0.2) is 74.1 Å². The zero-order valence-electron chi connectivity index (χ0n) is 15.5. The van der Waals surface area contributed by atoms with E-state index in [2.05, 4.69) is 15.1 Å². The Hall–Kier alpha value is -1.14. The molecule has 1 aromatic rings. The van der Waals surface area contributed by atoms with E-state index in [-0.39, 0.29) is 24.4 Å². The second kappa shape index (κ2) is 9.18. The summed E-state index contributed by atoms with van der Waals surface area (Å²) in [5.74, 6) is 1.10. The first-order valence-corrected chi connectivity index (χ1v) is 9.85. The number of nitrogens with zero attached hydrogens (tertiary/aromatic N) is 3. The molecule has 3 heterocycles. The van der Waals surface area contributed by atoms with E-state index in [0.717, 1.165) is 50.7 Å². The molecule has 0 saturated carbocycles. The van der Waals surface area contributed by atoms with Crippen LogP contribution in [0.5, 0.6) is 0 Å². The lowest BCUT2D eigenvalue weighted by Gasteiger charge is -2.39. The number of piperidine rings is 1. The zero-order valence-corrected chi connectivity index (χ0v) is 16.3. The number of anilines is 1. The molecule has 1 aromatic carbocycles. The van der Waals surface area contributed by atoms with Crippen molar-refractivity contribution < 1.29 is 4.79 Å². The van der Waals surface area contributed by atoms with Gasteiger partial charge in [-0.2, -0.15) is 0 Å². The summed E-state index contributed by atoms with van der Waals surface area (Å²) < 4.78 is 0. The van der Waals surface area contributed by atoms with Crippen molar-refractivity contribution in [1.82, 2.24) is 15.1 Å². The summed E-state index contributed by atoms with van der Waals surface area (Å²) in [6.07, 6.45) is 3.64. The third-order valence-electron chi connectivity index (χ3n) is 6.01. The molecule has 2 atom stereocenters. The monoisotopic (exact) mass is 378 g/mol. The van der Waals surface area contributed by atoms with Gasteiger partial charge >= 0.3 is 0 Å². The maximum absolute atomic E-state index is 12.9. The Morgan fingerprint density at radius 3 is 2.46 bits per heavy atom. The number of amides is 1. The average Bonchev–Trinajstić information content (AvgIpc) is 3.05. The van der Waals surface area contributed by atoms with Crippen LogP contribution in [0.4, 0.5) is 5.69 Å². The van der Waals surface area contributed by atoms with E-state index >= 15 is 0 Å². The minimum Gasteiger partial charge on any atom is -0.316 e. The molecule has 0 bridgehead atoms. The van der Waals surface area contributed by atoms with Gasteiger partial charge in [-0.1, -0.05) is 18.2 Å². The van der Waals surface area contributed by atoms with Gasteiger partial charge in [0.25, 0.3) is 0 Å². The fourth-order valence-electron chi connectivity index (χ4n) is 4.57. The predicted octanol–water partition coefficient (Wildman–Crippen LogP) is 1.83. The fraction of sp³-hybridized carbons (Fsp3) is 0.650. The molecule has 4 rings (SSSR count). The van der Waals surface area contributed by atoms with Crippen LogP contribution in [0.1, 0.15) is 19.3 Å². The molecule has 1 N–H and O–H groups in total. The van der Waals surface area contributed by atoms with Crippen LogP contribution >= 0.6 is 12.4 Å². The molecular formula is C20H31ClN4O. The number of rotatable bonds is 4. The normalized spacial score (nSPS) is 28.2. The molecule has 2 unspecified atom stereocenters. The van der Waals surface area contributed by atoms with Gasteiger partial charge in [0.2, 0.25) is 5.91 Å². The highest BCUT2D eigenvalue weighted by Gasteiger charge is 2.37. The fourth-order valence-corrected chi connectivity index (χ4v) is 4.57. The van der Waals surface area contributed by atoms with Crippen LogP contribution in [0.3, 0.4) is 0 Å². The van der Waals surface area contributed by atoms with Gasteiger partial charge in [0.15, 0.2) is 0 Å². The van der Waals surface area contributed by atoms with Gasteiger partial charge < -0.3 is 15.1 Å². The second-order valence-corrected chi connectivity index (χ2v) is 7.68. The van der Waals surface area contributed by atoms with Crippen molar-refractivity contribution in [2.75, 3.05) is 57.3 Å². The SMILES string of the molecule is Cl.O=C1C(N2CCN(CC3CCCNC3)CC2)CCN1c1ccccc1. The molecule has 0 aromatic heterocycles. The summed E-state index contributed by atoms with van der Waals surface area (Å²) in [4.78, 5) is 19.8. The number of para-hydroxylation sites is 1. The van der Waals surface area contributed by atoms with E-state index in [0.29, 0.717) is 0 Å². The second-order valence-electron chi connectivity index (χ2n) is 7.68. The molecule has 3 aliphatic rings. The number of benzene rings is 1. The molecule has 3 aliphatic heterocycles. The van der Waals surface area contributed by atoms with Gasteiger partial charge in [0.05, 0.1) is 6.04 Å². The van der Waals surface area contributed by atoms with Crippen molar-refractivity contribution in [2.24, 2.45) is 5.92 Å². The minimum absolute atomic E-state index is 0. The quantitative estimate of drug-likeness (QED) is 0.867. The molecular weight excluding hydrogens is 348 g/mol. The third kappa shape index (κ3) is 4.39. The van der Waals surface area contributed by atoms with Gasteiger partial charge in [0.1, 0.15) is 0 Å². The molecule has 1 amide bonds. The largest absolute Gasteiger partial charge is 0.316 e. The van der Waals surface area contributed by atoms with Crippen LogP contribution in [0.15, 0.2) is 30.3 Å². The van der Waals surface area contributed by atoms with Crippen molar-refractivity contribution in [2.45, 2.75) is 25.3 Å². The molecule has 3 saturated heterocycles.